The van der Waals surface area contributed by atoms with Gasteiger partial charge in [-0.2, -0.15) is 0 Å². The summed E-state index contributed by atoms with van der Waals surface area (Å²) >= 11 is 11.6. The third-order valence-electron chi connectivity index (χ3n) is 1.35. The molecular formula is C7H8Cl2N2. The number of nitrogens with zero attached hydrogens (tertiary/aromatic N) is 1. The van der Waals surface area contributed by atoms with Crippen molar-refractivity contribution in [3.8, 4) is 0 Å². The minimum Gasteiger partial charge on any atom is -0.330 e. The molecule has 0 aromatic carbocycles. The van der Waals surface area contributed by atoms with Crippen LogP contribution in [0.3, 0.4) is 0 Å². The summed E-state index contributed by atoms with van der Waals surface area (Å²) in [6.07, 6.45) is 3.83. The van der Waals surface area contributed by atoms with E-state index in [4.69, 9.17) is 28.9 Å². The fraction of sp³-hybridized carbons (Fsp3) is 0.286. The zero-order chi connectivity index (χ0) is 8.27. The topological polar surface area (TPSA) is 38.9 Å². The molecule has 0 fully saturated rings. The van der Waals surface area contributed by atoms with Crippen molar-refractivity contribution in [2.24, 2.45) is 5.73 Å². The minimum atomic E-state index is 0.545. The lowest BCUT2D eigenvalue weighted by Crippen LogP contribution is -2.03. The summed E-state index contributed by atoms with van der Waals surface area (Å²) in [6.45, 7) is 0.545. The van der Waals surface area contributed by atoms with Crippen molar-refractivity contribution in [3.05, 3.63) is 28.0 Å². The lowest BCUT2D eigenvalue weighted by atomic mass is 10.2. The Balaban J connectivity index is 3.00. The maximum atomic E-state index is 5.81. The highest BCUT2D eigenvalue weighted by atomic mass is 35.5. The summed E-state index contributed by atoms with van der Waals surface area (Å²) in [6, 6.07) is 0. The highest BCUT2D eigenvalue weighted by Crippen LogP contribution is 2.22. The van der Waals surface area contributed by atoms with Crippen LogP contribution in [-0.4, -0.2) is 11.5 Å². The third kappa shape index (κ3) is 2.06. The van der Waals surface area contributed by atoms with E-state index in [0.717, 1.165) is 5.56 Å². The van der Waals surface area contributed by atoms with Crippen molar-refractivity contribution in [1.82, 2.24) is 4.98 Å². The van der Waals surface area contributed by atoms with Crippen molar-refractivity contribution in [2.75, 3.05) is 6.54 Å². The van der Waals surface area contributed by atoms with Crippen LogP contribution in [0.15, 0.2) is 12.4 Å². The van der Waals surface area contributed by atoms with Crippen LogP contribution in [0.25, 0.3) is 0 Å². The van der Waals surface area contributed by atoms with Crippen LogP contribution in [0.4, 0.5) is 0 Å². The van der Waals surface area contributed by atoms with Gasteiger partial charge in [-0.15, -0.1) is 0 Å². The molecular weight excluding hydrogens is 183 g/mol. The molecule has 1 rings (SSSR count). The van der Waals surface area contributed by atoms with Crippen LogP contribution < -0.4 is 5.73 Å². The van der Waals surface area contributed by atoms with E-state index in [1.807, 2.05) is 0 Å². The molecule has 1 aromatic rings. The van der Waals surface area contributed by atoms with Crippen molar-refractivity contribution in [1.29, 1.82) is 0 Å². The standard InChI is InChI=1S/C7H8Cl2N2/c8-6-3-11-4-7(9)5(6)1-2-10/h3-4H,1-2,10H2. The van der Waals surface area contributed by atoms with E-state index in [0.29, 0.717) is 23.0 Å². The Morgan fingerprint density at radius 1 is 1.27 bits per heavy atom. The highest BCUT2D eigenvalue weighted by molar-refractivity contribution is 6.35. The first kappa shape index (κ1) is 8.78. The molecule has 0 radical (unpaired) electrons. The first-order chi connectivity index (χ1) is 5.25. The molecule has 0 aliphatic rings. The van der Waals surface area contributed by atoms with E-state index in [1.165, 1.54) is 0 Å². The fourth-order valence-electron chi connectivity index (χ4n) is 0.821. The van der Waals surface area contributed by atoms with Crippen molar-refractivity contribution < 1.29 is 0 Å². The van der Waals surface area contributed by atoms with Gasteiger partial charge in [0.05, 0.1) is 10.0 Å². The van der Waals surface area contributed by atoms with Gasteiger partial charge in [0, 0.05) is 12.4 Å². The molecule has 0 aliphatic heterocycles. The molecule has 1 aromatic heterocycles. The Hall–Kier alpha value is -0.310. The quantitative estimate of drug-likeness (QED) is 0.775. The van der Waals surface area contributed by atoms with Crippen molar-refractivity contribution in [2.45, 2.75) is 6.42 Å². The van der Waals surface area contributed by atoms with Crippen LogP contribution in [-0.2, 0) is 6.42 Å². The SMILES string of the molecule is NCCc1c(Cl)cncc1Cl. The Morgan fingerprint density at radius 3 is 2.27 bits per heavy atom. The highest BCUT2D eigenvalue weighted by Gasteiger charge is 2.03. The van der Waals surface area contributed by atoms with Crippen LogP contribution in [0, 0.1) is 0 Å². The summed E-state index contributed by atoms with van der Waals surface area (Å²) in [4.78, 5) is 3.82. The zero-order valence-electron chi connectivity index (χ0n) is 5.85. The average molecular weight is 191 g/mol. The van der Waals surface area contributed by atoms with Gasteiger partial charge in [-0.25, -0.2) is 0 Å². The maximum absolute atomic E-state index is 5.81. The van der Waals surface area contributed by atoms with Crippen molar-refractivity contribution in [3.63, 3.8) is 0 Å². The molecule has 0 saturated carbocycles. The van der Waals surface area contributed by atoms with E-state index in [1.54, 1.807) is 12.4 Å². The number of hydrogen-bond acceptors (Lipinski definition) is 2. The van der Waals surface area contributed by atoms with Gasteiger partial charge in [0.1, 0.15) is 0 Å². The van der Waals surface area contributed by atoms with Gasteiger partial charge in [0.2, 0.25) is 0 Å². The second kappa shape index (κ2) is 3.90. The largest absolute Gasteiger partial charge is 0.330 e. The van der Waals surface area contributed by atoms with E-state index < -0.39 is 0 Å². The van der Waals surface area contributed by atoms with Crippen LogP contribution in [0.2, 0.25) is 10.0 Å². The second-order valence-electron chi connectivity index (χ2n) is 2.12. The van der Waals surface area contributed by atoms with Gasteiger partial charge in [-0.3, -0.25) is 4.98 Å². The number of hydrogen-bond donors (Lipinski definition) is 1. The molecule has 0 saturated heterocycles. The summed E-state index contributed by atoms with van der Waals surface area (Å²) in [5, 5.41) is 1.17. The molecule has 2 nitrogen and oxygen atoms in total. The number of rotatable bonds is 2. The summed E-state index contributed by atoms with van der Waals surface area (Å²) in [7, 11) is 0. The maximum Gasteiger partial charge on any atom is 0.0636 e. The van der Waals surface area contributed by atoms with E-state index in [9.17, 15) is 0 Å². The monoisotopic (exact) mass is 190 g/mol. The van der Waals surface area contributed by atoms with Crippen LogP contribution in [0.5, 0.6) is 0 Å². The molecule has 60 valence electrons. The van der Waals surface area contributed by atoms with Gasteiger partial charge < -0.3 is 5.73 Å². The van der Waals surface area contributed by atoms with Gasteiger partial charge in [-0.05, 0) is 18.5 Å². The molecule has 0 spiro atoms. The lowest BCUT2D eigenvalue weighted by molar-refractivity contribution is 0.964. The molecule has 0 aliphatic carbocycles. The molecule has 4 heteroatoms. The van der Waals surface area contributed by atoms with Gasteiger partial charge in [0.25, 0.3) is 0 Å². The summed E-state index contributed by atoms with van der Waals surface area (Å²) in [5.74, 6) is 0. The second-order valence-corrected chi connectivity index (χ2v) is 2.93. The normalized spacial score (nSPS) is 10.1. The third-order valence-corrected chi connectivity index (χ3v) is 2.00. The predicted octanol–water partition coefficient (Wildman–Crippen LogP) is 1.89. The Labute approximate surface area is 75.3 Å². The molecule has 0 atom stereocenters. The molecule has 1 heterocycles. The van der Waals surface area contributed by atoms with Gasteiger partial charge >= 0.3 is 0 Å². The van der Waals surface area contributed by atoms with Crippen molar-refractivity contribution >= 4 is 23.2 Å². The van der Waals surface area contributed by atoms with E-state index >= 15 is 0 Å². The van der Waals surface area contributed by atoms with E-state index in [2.05, 4.69) is 4.98 Å². The molecule has 0 unspecified atom stereocenters. The van der Waals surface area contributed by atoms with Crippen LogP contribution >= 0.6 is 23.2 Å². The minimum absolute atomic E-state index is 0.545. The number of pyridine rings is 1. The van der Waals surface area contributed by atoms with Gasteiger partial charge in [0.15, 0.2) is 0 Å². The number of halogens is 2. The molecule has 0 amide bonds. The smallest absolute Gasteiger partial charge is 0.0636 e. The first-order valence-corrected chi connectivity index (χ1v) is 3.99. The Kier molecular flexibility index (Phi) is 3.12. The summed E-state index contributed by atoms with van der Waals surface area (Å²) < 4.78 is 0. The fourth-order valence-corrected chi connectivity index (χ4v) is 1.37. The molecule has 2 N–H and O–H groups in total. The first-order valence-electron chi connectivity index (χ1n) is 3.23. The Bertz CT molecular complexity index is 230. The molecule has 0 bridgehead atoms. The number of nitrogens with two attached hydrogens (primary N) is 1. The predicted molar refractivity (Wildman–Crippen MR) is 47.0 cm³/mol. The molecule has 11 heavy (non-hydrogen) atoms. The van der Waals surface area contributed by atoms with E-state index in [-0.39, 0.29) is 0 Å². The lowest BCUT2D eigenvalue weighted by Gasteiger charge is -2.02. The average Bonchev–Trinajstić information content (AvgIpc) is 1.97. The zero-order valence-corrected chi connectivity index (χ0v) is 7.36. The number of aromatic nitrogens is 1. The summed E-state index contributed by atoms with van der Waals surface area (Å²) in [5.41, 5.74) is 6.24. The van der Waals surface area contributed by atoms with Crippen LogP contribution in [0.1, 0.15) is 5.56 Å². The Morgan fingerprint density at radius 2 is 1.82 bits per heavy atom. The van der Waals surface area contributed by atoms with Gasteiger partial charge in [-0.1, -0.05) is 23.2 Å².